The largest absolute Gasteiger partial charge is 0.306 e. The van der Waals surface area contributed by atoms with Gasteiger partial charge in [-0.1, -0.05) is 11.6 Å². The van der Waals surface area contributed by atoms with E-state index in [1.54, 1.807) is 30.6 Å². The van der Waals surface area contributed by atoms with Crippen LogP contribution in [0.1, 0.15) is 21.8 Å². The van der Waals surface area contributed by atoms with Crippen molar-refractivity contribution >= 4 is 28.7 Å². The summed E-state index contributed by atoms with van der Waals surface area (Å²) in [5.41, 5.74) is 1.87. The molecule has 4 rings (SSSR count). The SMILES string of the molecule is O=C(CCc1cn(-c2ccc(-n3ccc(F)cc3=O)cc2)cn1)c1ccc(Cl)s1. The van der Waals surface area contributed by atoms with Crippen LogP contribution in [0.5, 0.6) is 0 Å². The van der Waals surface area contributed by atoms with Crippen LogP contribution < -0.4 is 5.56 Å². The molecule has 0 bridgehead atoms. The second-order valence-electron chi connectivity index (χ2n) is 6.37. The number of rotatable bonds is 6. The first-order chi connectivity index (χ1) is 14.0. The Morgan fingerprint density at radius 2 is 1.86 bits per heavy atom. The third-order valence-corrected chi connectivity index (χ3v) is 5.67. The highest BCUT2D eigenvalue weighted by molar-refractivity contribution is 7.18. The first kappa shape index (κ1) is 19.3. The van der Waals surface area contributed by atoms with Gasteiger partial charge in [0, 0.05) is 36.3 Å². The van der Waals surface area contributed by atoms with Gasteiger partial charge in [0.25, 0.3) is 5.56 Å². The highest BCUT2D eigenvalue weighted by Gasteiger charge is 2.10. The minimum absolute atomic E-state index is 0.0468. The molecule has 146 valence electrons. The lowest BCUT2D eigenvalue weighted by Gasteiger charge is -2.07. The van der Waals surface area contributed by atoms with Gasteiger partial charge in [0.2, 0.25) is 0 Å². The van der Waals surface area contributed by atoms with Gasteiger partial charge in [0.15, 0.2) is 5.78 Å². The molecule has 0 atom stereocenters. The van der Waals surface area contributed by atoms with Crippen LogP contribution in [0, 0.1) is 5.82 Å². The molecule has 0 radical (unpaired) electrons. The van der Waals surface area contributed by atoms with Crippen LogP contribution in [0.25, 0.3) is 11.4 Å². The molecule has 0 aliphatic carbocycles. The number of ketones is 1. The Bertz CT molecular complexity index is 1230. The van der Waals surface area contributed by atoms with Crippen LogP contribution in [0.3, 0.4) is 0 Å². The van der Waals surface area contributed by atoms with Crippen molar-refractivity contribution in [2.24, 2.45) is 0 Å². The van der Waals surface area contributed by atoms with Crippen molar-refractivity contribution in [1.82, 2.24) is 14.1 Å². The molecule has 0 amide bonds. The molecule has 5 nitrogen and oxygen atoms in total. The van der Waals surface area contributed by atoms with Gasteiger partial charge in [0.05, 0.1) is 21.2 Å². The number of carbonyl (C=O) groups is 1. The fraction of sp³-hybridized carbons (Fsp3) is 0.0952. The Morgan fingerprint density at radius 1 is 1.10 bits per heavy atom. The molecule has 0 saturated carbocycles. The normalized spacial score (nSPS) is 11.0. The number of imidazole rings is 1. The van der Waals surface area contributed by atoms with Gasteiger partial charge < -0.3 is 4.57 Å². The van der Waals surface area contributed by atoms with E-state index in [2.05, 4.69) is 4.98 Å². The van der Waals surface area contributed by atoms with Gasteiger partial charge in [-0.05, 0) is 48.9 Å². The van der Waals surface area contributed by atoms with E-state index in [4.69, 9.17) is 11.6 Å². The number of carbonyl (C=O) groups excluding carboxylic acids is 1. The molecule has 3 aromatic heterocycles. The summed E-state index contributed by atoms with van der Waals surface area (Å²) in [5, 5.41) is 0. The number of aromatic nitrogens is 3. The zero-order valence-electron chi connectivity index (χ0n) is 15.1. The summed E-state index contributed by atoms with van der Waals surface area (Å²) >= 11 is 7.15. The highest BCUT2D eigenvalue weighted by Crippen LogP contribution is 2.23. The van der Waals surface area contributed by atoms with Crippen molar-refractivity contribution in [3.63, 3.8) is 0 Å². The number of benzene rings is 1. The Morgan fingerprint density at radius 3 is 2.55 bits per heavy atom. The lowest BCUT2D eigenvalue weighted by Crippen LogP contribution is -2.16. The summed E-state index contributed by atoms with van der Waals surface area (Å²) in [7, 11) is 0. The third kappa shape index (κ3) is 4.36. The lowest BCUT2D eigenvalue weighted by atomic mass is 10.1. The predicted molar refractivity (Wildman–Crippen MR) is 111 cm³/mol. The molecule has 0 aliphatic rings. The summed E-state index contributed by atoms with van der Waals surface area (Å²) in [4.78, 5) is 29.1. The van der Waals surface area contributed by atoms with E-state index in [-0.39, 0.29) is 5.78 Å². The number of Topliss-reactive ketones (excluding diaryl/α,β-unsaturated/α-hetero) is 1. The third-order valence-electron chi connectivity index (χ3n) is 4.40. The molecule has 29 heavy (non-hydrogen) atoms. The van der Waals surface area contributed by atoms with E-state index in [1.807, 2.05) is 22.9 Å². The predicted octanol–water partition coefficient (Wildman–Crippen LogP) is 4.69. The van der Waals surface area contributed by atoms with Crippen molar-refractivity contribution in [3.8, 4) is 11.4 Å². The van der Waals surface area contributed by atoms with E-state index < -0.39 is 11.4 Å². The Labute approximate surface area is 174 Å². The maximum atomic E-state index is 13.1. The van der Waals surface area contributed by atoms with E-state index in [0.717, 1.165) is 17.4 Å². The molecule has 4 aromatic rings. The molecule has 8 heteroatoms. The van der Waals surface area contributed by atoms with Gasteiger partial charge in [-0.25, -0.2) is 9.37 Å². The number of hydrogen-bond donors (Lipinski definition) is 0. The zero-order chi connectivity index (χ0) is 20.4. The van der Waals surface area contributed by atoms with Crippen LogP contribution in [-0.2, 0) is 6.42 Å². The van der Waals surface area contributed by atoms with Crippen LogP contribution in [0.15, 0.2) is 72.0 Å². The standard InChI is InChI=1S/C21H15ClFN3O2S/c22-20-8-7-19(29-20)18(27)6-1-15-12-25(13-24-15)16-2-4-17(5-3-16)26-10-9-14(23)11-21(26)28/h2-5,7-13H,1,6H2. The molecule has 0 aliphatic heterocycles. The molecule has 0 fully saturated rings. The van der Waals surface area contributed by atoms with Gasteiger partial charge in [-0.2, -0.15) is 0 Å². The van der Waals surface area contributed by atoms with Crippen molar-refractivity contribution < 1.29 is 9.18 Å². The average molecular weight is 428 g/mol. The highest BCUT2D eigenvalue weighted by atomic mass is 35.5. The van der Waals surface area contributed by atoms with Crippen LogP contribution in [0.4, 0.5) is 4.39 Å². The monoisotopic (exact) mass is 427 g/mol. The molecular formula is C21H15ClFN3O2S. The summed E-state index contributed by atoms with van der Waals surface area (Å²) in [6.07, 6.45) is 5.85. The summed E-state index contributed by atoms with van der Waals surface area (Å²) in [5.74, 6) is -0.514. The van der Waals surface area contributed by atoms with E-state index in [9.17, 15) is 14.0 Å². The maximum absolute atomic E-state index is 13.1. The maximum Gasteiger partial charge on any atom is 0.257 e. The van der Waals surface area contributed by atoms with Crippen molar-refractivity contribution in [2.45, 2.75) is 12.8 Å². The smallest absolute Gasteiger partial charge is 0.257 e. The topological polar surface area (TPSA) is 56.9 Å². The second kappa shape index (κ2) is 8.14. The molecular weight excluding hydrogens is 413 g/mol. The van der Waals surface area contributed by atoms with E-state index >= 15 is 0 Å². The van der Waals surface area contributed by atoms with Crippen LogP contribution in [0.2, 0.25) is 4.34 Å². The molecule has 0 N–H and O–H groups in total. The number of thiophene rings is 1. The second-order valence-corrected chi connectivity index (χ2v) is 8.08. The number of pyridine rings is 1. The van der Waals surface area contributed by atoms with Gasteiger partial charge in [0.1, 0.15) is 5.82 Å². The van der Waals surface area contributed by atoms with Crippen molar-refractivity contribution in [2.75, 3.05) is 0 Å². The van der Waals surface area contributed by atoms with Crippen molar-refractivity contribution in [1.29, 1.82) is 0 Å². The summed E-state index contributed by atoms with van der Waals surface area (Å²) in [6, 6.07) is 12.9. The fourth-order valence-electron chi connectivity index (χ4n) is 2.92. The summed E-state index contributed by atoms with van der Waals surface area (Å²) in [6.45, 7) is 0. The molecule has 1 aromatic carbocycles. The first-order valence-electron chi connectivity index (χ1n) is 8.80. The quantitative estimate of drug-likeness (QED) is 0.419. The Hall–Kier alpha value is -3.03. The zero-order valence-corrected chi connectivity index (χ0v) is 16.7. The molecule has 0 saturated heterocycles. The van der Waals surface area contributed by atoms with E-state index in [1.165, 1.54) is 28.2 Å². The number of nitrogens with zero attached hydrogens (tertiary/aromatic N) is 3. The minimum Gasteiger partial charge on any atom is -0.306 e. The van der Waals surface area contributed by atoms with E-state index in [0.29, 0.717) is 27.7 Å². The van der Waals surface area contributed by atoms with Crippen molar-refractivity contribution in [3.05, 3.63) is 98.3 Å². The lowest BCUT2D eigenvalue weighted by molar-refractivity contribution is 0.0986. The number of hydrogen-bond acceptors (Lipinski definition) is 4. The fourth-order valence-corrected chi connectivity index (χ4v) is 3.93. The average Bonchev–Trinajstić information content (AvgIpc) is 3.36. The van der Waals surface area contributed by atoms with Gasteiger partial charge >= 0.3 is 0 Å². The van der Waals surface area contributed by atoms with Gasteiger partial charge in [-0.3, -0.25) is 14.2 Å². The minimum atomic E-state index is -0.561. The number of aryl methyl sites for hydroxylation is 1. The van der Waals surface area contributed by atoms with Gasteiger partial charge in [-0.15, -0.1) is 11.3 Å². The number of halogens is 2. The summed E-state index contributed by atoms with van der Waals surface area (Å²) < 4.78 is 16.9. The molecule has 0 spiro atoms. The van der Waals surface area contributed by atoms with Crippen LogP contribution in [-0.4, -0.2) is 19.9 Å². The molecule has 3 heterocycles. The Kier molecular flexibility index (Phi) is 5.42. The van der Waals surface area contributed by atoms with Crippen LogP contribution >= 0.6 is 22.9 Å². The first-order valence-corrected chi connectivity index (χ1v) is 9.99. The Balaban J connectivity index is 1.45. The molecule has 0 unspecified atom stereocenters.